The smallest absolute Gasteiger partial charge is 0.301 e. The number of methoxy groups -OCH3 is 1. The van der Waals surface area contributed by atoms with Gasteiger partial charge >= 0.3 is 5.91 Å². The number of ether oxygens (including phenoxy) is 3. The normalized spacial score (nSPS) is 17.6. The molecular weight excluding hydrogens is 562 g/mol. The number of aromatic nitrogens is 2. The first-order chi connectivity index (χ1) is 19.9. The highest BCUT2D eigenvalue weighted by Gasteiger charge is 2.48. The average Bonchev–Trinajstić information content (AvgIpc) is 3.58. The molecule has 1 N–H and O–H groups in total. The fraction of sp³-hybridized carbons (Fsp3) is 0.200. The molecule has 1 aromatic heterocycles. The zero-order chi connectivity index (χ0) is 28.5. The number of aryl methyl sites for hydroxylation is 1. The van der Waals surface area contributed by atoms with Crippen LogP contribution in [-0.2, 0) is 15.3 Å². The lowest BCUT2D eigenvalue weighted by molar-refractivity contribution is -0.132. The number of ketones is 1. The second-order valence-corrected chi connectivity index (χ2v) is 11.6. The molecule has 1 saturated heterocycles. The number of hydrogen-bond donors (Lipinski definition) is 1. The first-order valence-electron chi connectivity index (χ1n) is 12.8. The van der Waals surface area contributed by atoms with Crippen LogP contribution in [0.15, 0.2) is 76.6 Å². The van der Waals surface area contributed by atoms with Crippen molar-refractivity contribution in [2.75, 3.05) is 25.2 Å². The van der Waals surface area contributed by atoms with Crippen molar-refractivity contribution < 1.29 is 28.9 Å². The Morgan fingerprint density at radius 3 is 2.61 bits per heavy atom. The lowest BCUT2D eigenvalue weighted by Crippen LogP contribution is -2.29. The number of carbonyl (C=O) groups is 2. The first-order valence-corrected chi connectivity index (χ1v) is 14.6. The van der Waals surface area contributed by atoms with E-state index in [0.717, 1.165) is 5.56 Å². The van der Waals surface area contributed by atoms with Gasteiger partial charge in [0, 0.05) is 11.3 Å². The third-order valence-corrected chi connectivity index (χ3v) is 8.88. The van der Waals surface area contributed by atoms with Crippen molar-refractivity contribution >= 4 is 45.7 Å². The summed E-state index contributed by atoms with van der Waals surface area (Å²) in [5.41, 5.74) is 3.15. The molecule has 9 nitrogen and oxygen atoms in total. The van der Waals surface area contributed by atoms with E-state index >= 15 is 0 Å². The lowest BCUT2D eigenvalue weighted by atomic mass is 9.95. The molecule has 11 heteroatoms. The molecule has 3 heterocycles. The Balaban J connectivity index is 1.39. The van der Waals surface area contributed by atoms with Gasteiger partial charge in [-0.2, -0.15) is 0 Å². The Morgan fingerprint density at radius 1 is 1.05 bits per heavy atom. The van der Waals surface area contributed by atoms with E-state index in [2.05, 4.69) is 34.5 Å². The molecule has 6 rings (SSSR count). The molecule has 0 radical (unpaired) electrons. The number of Topliss-reactive ketones (excluding diaryl/α,β-unsaturated/α-hetero) is 1. The molecule has 3 aromatic carbocycles. The van der Waals surface area contributed by atoms with Gasteiger partial charge in [0.2, 0.25) is 5.13 Å². The highest BCUT2D eigenvalue weighted by molar-refractivity contribution is 8.00. The predicted octanol–water partition coefficient (Wildman–Crippen LogP) is 5.54. The first kappa shape index (κ1) is 26.9. The summed E-state index contributed by atoms with van der Waals surface area (Å²) in [6.45, 7) is 2.83. The van der Waals surface area contributed by atoms with Gasteiger partial charge < -0.3 is 19.3 Å². The number of hydrogen-bond acceptors (Lipinski definition) is 10. The SMILES string of the molecule is COc1cccc(C2/C(=C(\O)c3ccc4c(c3)OCCO4)C(=O)C(=O)N2c2nnc(SCc3ccc(C)cc3)s2)c1. The van der Waals surface area contributed by atoms with E-state index in [1.165, 1.54) is 40.7 Å². The minimum absolute atomic E-state index is 0.0658. The van der Waals surface area contributed by atoms with Crippen LogP contribution in [0.5, 0.6) is 17.2 Å². The number of carbonyl (C=O) groups excluding carboxylic acids is 2. The van der Waals surface area contributed by atoms with Gasteiger partial charge in [0.25, 0.3) is 5.78 Å². The van der Waals surface area contributed by atoms with Gasteiger partial charge in [-0.05, 0) is 48.4 Å². The van der Waals surface area contributed by atoms with Crippen LogP contribution in [0.3, 0.4) is 0 Å². The number of nitrogens with zero attached hydrogens (tertiary/aromatic N) is 3. The number of aliphatic hydroxyl groups excluding tert-OH is 1. The largest absolute Gasteiger partial charge is 0.507 e. The van der Waals surface area contributed by atoms with E-state index in [1.54, 1.807) is 42.5 Å². The fourth-order valence-electron chi connectivity index (χ4n) is 4.69. The maximum Gasteiger partial charge on any atom is 0.301 e. The maximum atomic E-state index is 13.5. The summed E-state index contributed by atoms with van der Waals surface area (Å²) in [5, 5.41) is 20.3. The number of fused-ring (bicyclic) bond motifs is 1. The molecule has 1 atom stereocenters. The van der Waals surface area contributed by atoms with E-state index < -0.39 is 17.7 Å². The van der Waals surface area contributed by atoms with Gasteiger partial charge in [-0.25, -0.2) is 0 Å². The maximum absolute atomic E-state index is 13.5. The molecule has 41 heavy (non-hydrogen) atoms. The highest BCUT2D eigenvalue weighted by atomic mass is 32.2. The summed E-state index contributed by atoms with van der Waals surface area (Å²) in [5.74, 6) is 0.261. The van der Waals surface area contributed by atoms with Crippen LogP contribution in [0.4, 0.5) is 5.13 Å². The van der Waals surface area contributed by atoms with Crippen LogP contribution >= 0.6 is 23.1 Å². The van der Waals surface area contributed by atoms with E-state index in [1.807, 2.05) is 6.92 Å². The predicted molar refractivity (Wildman–Crippen MR) is 156 cm³/mol. The van der Waals surface area contributed by atoms with Crippen LogP contribution < -0.4 is 19.1 Å². The number of anilines is 1. The third-order valence-electron chi connectivity index (χ3n) is 6.75. The number of amides is 1. The standard InChI is InChI=1S/C30H25N3O6S2/c1-17-6-8-18(9-7-17)16-40-30-32-31-29(41-30)33-25(19-4-3-5-21(14-19)37-2)24(27(35)28(33)36)26(34)20-10-11-22-23(15-20)39-13-12-38-22/h3-11,14-15,25,34H,12-13,16H2,1-2H3/b26-24+. The van der Waals surface area contributed by atoms with E-state index in [9.17, 15) is 14.7 Å². The molecule has 2 aliphatic heterocycles. The summed E-state index contributed by atoms with van der Waals surface area (Å²) in [6, 6.07) is 19.2. The zero-order valence-electron chi connectivity index (χ0n) is 22.2. The van der Waals surface area contributed by atoms with Crippen molar-refractivity contribution in [3.8, 4) is 17.2 Å². The van der Waals surface area contributed by atoms with Crippen LogP contribution in [0.25, 0.3) is 5.76 Å². The number of thioether (sulfide) groups is 1. The molecule has 1 fully saturated rings. The molecule has 2 aliphatic rings. The molecule has 0 spiro atoms. The quantitative estimate of drug-likeness (QED) is 0.0979. The molecule has 1 amide bonds. The summed E-state index contributed by atoms with van der Waals surface area (Å²) in [4.78, 5) is 28.4. The second kappa shape index (κ2) is 11.3. The van der Waals surface area contributed by atoms with E-state index in [0.29, 0.717) is 51.7 Å². The van der Waals surface area contributed by atoms with Gasteiger partial charge in [0.05, 0.1) is 18.7 Å². The summed E-state index contributed by atoms with van der Waals surface area (Å²) in [7, 11) is 1.54. The number of rotatable bonds is 7. The third kappa shape index (κ3) is 5.25. The molecular formula is C30H25N3O6S2. The van der Waals surface area contributed by atoms with E-state index in [4.69, 9.17) is 14.2 Å². The van der Waals surface area contributed by atoms with Gasteiger partial charge in [0.15, 0.2) is 15.8 Å². The van der Waals surface area contributed by atoms with Crippen molar-refractivity contribution in [3.05, 3.63) is 94.6 Å². The summed E-state index contributed by atoms with van der Waals surface area (Å²) >= 11 is 2.71. The number of benzene rings is 3. The Labute approximate surface area is 244 Å². The van der Waals surface area contributed by atoms with Gasteiger partial charge in [-0.3, -0.25) is 14.5 Å². The molecule has 1 unspecified atom stereocenters. The average molecular weight is 588 g/mol. The highest BCUT2D eigenvalue weighted by Crippen LogP contribution is 2.45. The van der Waals surface area contributed by atoms with Crippen molar-refractivity contribution in [2.45, 2.75) is 23.1 Å². The molecule has 0 aliphatic carbocycles. The van der Waals surface area contributed by atoms with Crippen molar-refractivity contribution in [2.24, 2.45) is 0 Å². The minimum Gasteiger partial charge on any atom is -0.507 e. The topological polar surface area (TPSA) is 111 Å². The number of aliphatic hydroxyl groups is 1. The van der Waals surface area contributed by atoms with Crippen molar-refractivity contribution in [1.29, 1.82) is 0 Å². The van der Waals surface area contributed by atoms with Crippen molar-refractivity contribution in [3.63, 3.8) is 0 Å². The van der Waals surface area contributed by atoms with Crippen LogP contribution in [0.1, 0.15) is 28.3 Å². The molecule has 208 valence electrons. The van der Waals surface area contributed by atoms with Gasteiger partial charge in [0.1, 0.15) is 24.7 Å². The summed E-state index contributed by atoms with van der Waals surface area (Å²) in [6.07, 6.45) is 0. The Kier molecular flexibility index (Phi) is 7.38. The molecule has 0 bridgehead atoms. The van der Waals surface area contributed by atoms with Crippen LogP contribution in [-0.4, -0.2) is 47.3 Å². The summed E-state index contributed by atoms with van der Waals surface area (Å²) < 4.78 is 17.3. The van der Waals surface area contributed by atoms with Gasteiger partial charge in [-0.15, -0.1) is 10.2 Å². The monoisotopic (exact) mass is 587 g/mol. The lowest BCUT2D eigenvalue weighted by Gasteiger charge is -2.23. The van der Waals surface area contributed by atoms with Gasteiger partial charge in [-0.1, -0.05) is 65.1 Å². The zero-order valence-corrected chi connectivity index (χ0v) is 23.8. The molecule has 4 aromatic rings. The fourth-order valence-corrected chi connectivity index (χ4v) is 6.51. The van der Waals surface area contributed by atoms with E-state index in [-0.39, 0.29) is 16.5 Å². The van der Waals surface area contributed by atoms with Crippen LogP contribution in [0, 0.1) is 6.92 Å². The van der Waals surface area contributed by atoms with Crippen molar-refractivity contribution in [1.82, 2.24) is 10.2 Å². The molecule has 0 saturated carbocycles. The van der Waals surface area contributed by atoms with Crippen LogP contribution in [0.2, 0.25) is 0 Å². The second-order valence-electron chi connectivity index (χ2n) is 9.43. The Morgan fingerprint density at radius 2 is 1.83 bits per heavy atom. The Bertz CT molecular complexity index is 1670. The minimum atomic E-state index is -0.957. The Hall–Kier alpha value is -4.35.